The first kappa shape index (κ1) is 17.9. The van der Waals surface area contributed by atoms with Crippen LogP contribution in [0, 0.1) is 13.8 Å². The second kappa shape index (κ2) is 7.27. The summed E-state index contributed by atoms with van der Waals surface area (Å²) < 4.78 is 0. The Morgan fingerprint density at radius 1 is 1.11 bits per heavy atom. The molecule has 0 spiro atoms. The van der Waals surface area contributed by atoms with Gasteiger partial charge in [0.05, 0.1) is 23.3 Å². The molecule has 142 valence electrons. The van der Waals surface area contributed by atoms with Crippen molar-refractivity contribution in [3.8, 4) is 0 Å². The zero-order valence-corrected chi connectivity index (χ0v) is 16.0. The second-order valence-corrected chi connectivity index (χ2v) is 7.73. The van der Waals surface area contributed by atoms with Crippen molar-refractivity contribution in [2.24, 2.45) is 0 Å². The summed E-state index contributed by atoms with van der Waals surface area (Å²) >= 11 is 0. The number of fused-ring (bicyclic) bond motifs is 1. The normalized spacial score (nSPS) is 17.9. The van der Waals surface area contributed by atoms with Crippen molar-refractivity contribution in [2.45, 2.75) is 32.7 Å². The Kier molecular flexibility index (Phi) is 4.83. The van der Waals surface area contributed by atoms with E-state index in [0.29, 0.717) is 31.2 Å². The van der Waals surface area contributed by atoms with Crippen molar-refractivity contribution in [1.29, 1.82) is 0 Å². The summed E-state index contributed by atoms with van der Waals surface area (Å²) in [5, 5.41) is 4.02. The highest BCUT2D eigenvalue weighted by Gasteiger charge is 2.27. The number of aromatic nitrogens is 1. The number of hydrogen-bond donors (Lipinski definition) is 1. The van der Waals surface area contributed by atoms with Gasteiger partial charge in [-0.3, -0.25) is 19.5 Å². The molecule has 0 atom stereocenters. The Hall–Kier alpha value is -2.47. The number of aryl methyl sites for hydroxylation is 2. The highest BCUT2D eigenvalue weighted by molar-refractivity contribution is 5.98. The Balaban J connectivity index is 1.40. The zero-order chi connectivity index (χ0) is 19.0. The molecule has 1 N–H and O–H groups in total. The van der Waals surface area contributed by atoms with Crippen LogP contribution in [-0.2, 0) is 4.79 Å². The summed E-state index contributed by atoms with van der Waals surface area (Å²) in [7, 11) is 0. The monoisotopic (exact) mass is 366 g/mol. The van der Waals surface area contributed by atoms with Crippen molar-refractivity contribution in [2.75, 3.05) is 32.7 Å². The lowest BCUT2D eigenvalue weighted by Gasteiger charge is -2.34. The molecule has 6 heteroatoms. The summed E-state index contributed by atoms with van der Waals surface area (Å²) in [4.78, 5) is 33.6. The van der Waals surface area contributed by atoms with Gasteiger partial charge in [-0.1, -0.05) is 11.6 Å². The first-order valence-electron chi connectivity index (χ1n) is 9.68. The predicted molar refractivity (Wildman–Crippen MR) is 105 cm³/mol. The number of nitrogens with zero attached hydrogens (tertiary/aromatic N) is 3. The molecule has 0 bridgehead atoms. The number of nitrogens with one attached hydrogen (secondary N) is 1. The van der Waals surface area contributed by atoms with Gasteiger partial charge < -0.3 is 10.2 Å². The average Bonchev–Trinajstić information content (AvgIpc) is 3.45. The topological polar surface area (TPSA) is 65.5 Å². The Morgan fingerprint density at radius 3 is 2.56 bits per heavy atom. The van der Waals surface area contributed by atoms with Crippen molar-refractivity contribution < 1.29 is 9.59 Å². The molecule has 27 heavy (non-hydrogen) atoms. The van der Waals surface area contributed by atoms with Gasteiger partial charge in [0.15, 0.2) is 0 Å². The van der Waals surface area contributed by atoms with Crippen LogP contribution >= 0.6 is 0 Å². The van der Waals surface area contributed by atoms with E-state index in [4.69, 9.17) is 0 Å². The lowest BCUT2D eigenvalue weighted by Crippen LogP contribution is -2.51. The number of benzene rings is 1. The highest BCUT2D eigenvalue weighted by Crippen LogP contribution is 2.20. The molecule has 2 amide bonds. The number of rotatable bonds is 4. The maximum Gasteiger partial charge on any atom is 0.255 e. The van der Waals surface area contributed by atoms with Gasteiger partial charge in [-0.2, -0.15) is 0 Å². The molecular formula is C21H26N4O2. The van der Waals surface area contributed by atoms with E-state index in [1.54, 1.807) is 0 Å². The molecule has 1 aliphatic carbocycles. The van der Waals surface area contributed by atoms with Gasteiger partial charge in [0.25, 0.3) is 5.91 Å². The molecule has 2 fully saturated rings. The summed E-state index contributed by atoms with van der Waals surface area (Å²) in [6.07, 6.45) is 2.21. The van der Waals surface area contributed by atoms with E-state index in [9.17, 15) is 9.59 Å². The fraction of sp³-hybridized carbons (Fsp3) is 0.476. The first-order valence-corrected chi connectivity index (χ1v) is 9.68. The Morgan fingerprint density at radius 2 is 1.85 bits per heavy atom. The second-order valence-electron chi connectivity index (χ2n) is 7.73. The van der Waals surface area contributed by atoms with E-state index in [1.807, 2.05) is 36.9 Å². The van der Waals surface area contributed by atoms with Crippen LogP contribution in [0.1, 0.15) is 34.5 Å². The Labute approximate surface area is 159 Å². The number of hydrogen-bond acceptors (Lipinski definition) is 4. The molecular weight excluding hydrogens is 340 g/mol. The minimum Gasteiger partial charge on any atom is -0.352 e. The number of pyridine rings is 1. The van der Waals surface area contributed by atoms with Crippen molar-refractivity contribution in [1.82, 2.24) is 20.1 Å². The maximum absolute atomic E-state index is 13.0. The smallest absolute Gasteiger partial charge is 0.255 e. The van der Waals surface area contributed by atoms with Gasteiger partial charge in [0.1, 0.15) is 0 Å². The van der Waals surface area contributed by atoms with E-state index < -0.39 is 0 Å². The minimum atomic E-state index is 0.0329. The molecule has 0 radical (unpaired) electrons. The average molecular weight is 366 g/mol. The van der Waals surface area contributed by atoms with Gasteiger partial charge in [-0.25, -0.2) is 0 Å². The number of carbonyl (C=O) groups excluding carboxylic acids is 2. The number of piperazine rings is 1. The van der Waals surface area contributed by atoms with Crippen LogP contribution in [0.25, 0.3) is 10.9 Å². The molecule has 6 nitrogen and oxygen atoms in total. The SMILES string of the molecule is Cc1ccc2nc(C)c(C(=O)N3CCN(CC(=O)NC4CC4)CC3)cc2c1. The first-order chi connectivity index (χ1) is 13.0. The van der Waals surface area contributed by atoms with E-state index in [-0.39, 0.29) is 11.8 Å². The highest BCUT2D eigenvalue weighted by atomic mass is 16.2. The van der Waals surface area contributed by atoms with Crippen LogP contribution in [0.15, 0.2) is 24.3 Å². The van der Waals surface area contributed by atoms with Crippen LogP contribution in [0.4, 0.5) is 0 Å². The molecule has 0 unspecified atom stereocenters. The molecule has 1 aliphatic heterocycles. The van der Waals surface area contributed by atoms with Gasteiger partial charge in [-0.05, 0) is 44.9 Å². The lowest BCUT2D eigenvalue weighted by molar-refractivity contribution is -0.122. The summed E-state index contributed by atoms with van der Waals surface area (Å²) in [6, 6.07) is 8.45. The van der Waals surface area contributed by atoms with E-state index in [0.717, 1.165) is 48.1 Å². The van der Waals surface area contributed by atoms with Crippen LogP contribution in [0.2, 0.25) is 0 Å². The summed E-state index contributed by atoms with van der Waals surface area (Å²) in [5.74, 6) is 0.132. The fourth-order valence-corrected chi connectivity index (χ4v) is 3.59. The van der Waals surface area contributed by atoms with Crippen LogP contribution in [0.3, 0.4) is 0 Å². The lowest BCUT2D eigenvalue weighted by atomic mass is 10.1. The molecule has 2 heterocycles. The van der Waals surface area contributed by atoms with E-state index in [2.05, 4.69) is 21.3 Å². The minimum absolute atomic E-state index is 0.0329. The third-order valence-electron chi connectivity index (χ3n) is 5.36. The van der Waals surface area contributed by atoms with Gasteiger partial charge in [0.2, 0.25) is 5.91 Å². The largest absolute Gasteiger partial charge is 0.352 e. The molecule has 2 aromatic rings. The molecule has 2 aliphatic rings. The summed E-state index contributed by atoms with van der Waals surface area (Å²) in [6.45, 7) is 7.09. The number of carbonyl (C=O) groups is 2. The van der Waals surface area contributed by atoms with Gasteiger partial charge in [-0.15, -0.1) is 0 Å². The fourth-order valence-electron chi connectivity index (χ4n) is 3.59. The molecule has 4 rings (SSSR count). The Bertz CT molecular complexity index is 883. The zero-order valence-electron chi connectivity index (χ0n) is 16.0. The standard InChI is InChI=1S/C21H26N4O2/c1-14-3-6-19-16(11-14)12-18(15(2)22-19)21(27)25-9-7-24(8-10-25)13-20(26)23-17-4-5-17/h3,6,11-12,17H,4-5,7-10,13H2,1-2H3,(H,23,26). The van der Waals surface area contributed by atoms with Crippen LogP contribution < -0.4 is 5.32 Å². The quantitative estimate of drug-likeness (QED) is 0.897. The maximum atomic E-state index is 13.0. The number of amides is 2. The third kappa shape index (κ3) is 4.11. The molecule has 1 saturated carbocycles. The molecule has 1 aromatic heterocycles. The van der Waals surface area contributed by atoms with E-state index >= 15 is 0 Å². The van der Waals surface area contributed by atoms with Crippen LogP contribution in [0.5, 0.6) is 0 Å². The van der Waals surface area contributed by atoms with Crippen LogP contribution in [-0.4, -0.2) is 65.4 Å². The third-order valence-corrected chi connectivity index (χ3v) is 5.36. The van der Waals surface area contributed by atoms with Gasteiger partial charge >= 0.3 is 0 Å². The molecule has 1 saturated heterocycles. The van der Waals surface area contributed by atoms with Crippen molar-refractivity contribution in [3.05, 3.63) is 41.1 Å². The molecule has 1 aromatic carbocycles. The van der Waals surface area contributed by atoms with Gasteiger partial charge in [0, 0.05) is 37.6 Å². The predicted octanol–water partition coefficient (Wildman–Crippen LogP) is 1.89. The van der Waals surface area contributed by atoms with Crippen molar-refractivity contribution in [3.63, 3.8) is 0 Å². The van der Waals surface area contributed by atoms with Crippen molar-refractivity contribution >= 4 is 22.7 Å². The van der Waals surface area contributed by atoms with E-state index in [1.165, 1.54) is 0 Å². The summed E-state index contributed by atoms with van der Waals surface area (Å²) in [5.41, 5.74) is 3.52.